The number of nitrogens with zero attached hydrogens (tertiary/aromatic N) is 4. The first-order valence-electron chi connectivity index (χ1n) is 13.3. The molecule has 2 aromatic carbocycles. The molecule has 2 atom stereocenters. The average molecular weight is 548 g/mol. The lowest BCUT2D eigenvalue weighted by Gasteiger charge is -2.46. The highest BCUT2D eigenvalue weighted by Gasteiger charge is 2.41. The van der Waals surface area contributed by atoms with Crippen LogP contribution in [0.4, 0.5) is 4.79 Å². The normalized spacial score (nSPS) is 19.3. The van der Waals surface area contributed by atoms with Crippen LogP contribution in [-0.4, -0.2) is 83.0 Å². The number of aromatic carboxylic acids is 1. The van der Waals surface area contributed by atoms with Crippen molar-refractivity contribution in [1.82, 2.24) is 20.0 Å². The average Bonchev–Trinajstić information content (AvgIpc) is 2.96. The summed E-state index contributed by atoms with van der Waals surface area (Å²) in [6.07, 6.45) is 1.85. The van der Waals surface area contributed by atoms with Gasteiger partial charge in [-0.15, -0.1) is 0 Å². The zero-order valence-corrected chi connectivity index (χ0v) is 22.6. The second kappa shape index (κ2) is 12.7. The first kappa shape index (κ1) is 28.7. The molecule has 2 aromatic rings. The van der Waals surface area contributed by atoms with Gasteiger partial charge in [-0.3, -0.25) is 14.6 Å². The number of hydrogen-bond donors (Lipinski definition) is 2. The number of carboxylic acid groups (broad SMARTS) is 1. The maximum Gasteiger partial charge on any atom is 0.339 e. The van der Waals surface area contributed by atoms with Crippen LogP contribution in [0, 0.1) is 11.3 Å². The van der Waals surface area contributed by atoms with Crippen molar-refractivity contribution in [3.05, 3.63) is 64.7 Å². The molecule has 40 heavy (non-hydrogen) atoms. The van der Waals surface area contributed by atoms with Crippen molar-refractivity contribution < 1.29 is 29.0 Å². The Labute approximate surface area is 232 Å². The van der Waals surface area contributed by atoms with Gasteiger partial charge in [-0.2, -0.15) is 5.26 Å². The molecule has 2 unspecified atom stereocenters. The number of hydrogen-bond acceptors (Lipinski definition) is 8. The van der Waals surface area contributed by atoms with Crippen LogP contribution >= 0.6 is 0 Å². The molecule has 210 valence electrons. The van der Waals surface area contributed by atoms with Crippen molar-refractivity contribution in [3.63, 3.8) is 0 Å². The molecule has 2 saturated heterocycles. The molecule has 11 nitrogen and oxygen atoms in total. The molecule has 2 N–H and O–H groups in total. The van der Waals surface area contributed by atoms with E-state index in [2.05, 4.69) is 16.3 Å². The number of carbonyl (C=O) groups is 4. The first-order valence-corrected chi connectivity index (χ1v) is 13.3. The van der Waals surface area contributed by atoms with Crippen LogP contribution in [0.1, 0.15) is 59.3 Å². The van der Waals surface area contributed by atoms with Crippen LogP contribution in [0.5, 0.6) is 5.75 Å². The third-order valence-corrected chi connectivity index (χ3v) is 7.50. The van der Waals surface area contributed by atoms with Crippen molar-refractivity contribution in [1.29, 1.82) is 5.26 Å². The van der Waals surface area contributed by atoms with Crippen molar-refractivity contribution in [2.24, 2.45) is 0 Å². The number of imide groups is 1. The predicted octanol–water partition coefficient (Wildman–Crippen LogP) is 2.76. The van der Waals surface area contributed by atoms with Crippen LogP contribution < -0.4 is 10.1 Å². The fourth-order valence-corrected chi connectivity index (χ4v) is 5.30. The molecule has 0 radical (unpaired) electrons. The van der Waals surface area contributed by atoms with E-state index >= 15 is 0 Å². The number of nitrogens with one attached hydrogen (secondary N) is 1. The topological polar surface area (TPSA) is 143 Å². The minimum Gasteiger partial charge on any atom is -0.493 e. The number of benzene rings is 2. The van der Waals surface area contributed by atoms with Crippen molar-refractivity contribution in [2.75, 3.05) is 26.7 Å². The van der Waals surface area contributed by atoms with E-state index in [4.69, 9.17) is 4.74 Å². The summed E-state index contributed by atoms with van der Waals surface area (Å²) in [5.74, 6) is -1.14. The zero-order valence-electron chi connectivity index (χ0n) is 22.6. The highest BCUT2D eigenvalue weighted by molar-refractivity contribution is 5.97. The summed E-state index contributed by atoms with van der Waals surface area (Å²) in [6.45, 7) is 3.46. The highest BCUT2D eigenvalue weighted by Crippen LogP contribution is 2.28. The second-order valence-electron chi connectivity index (χ2n) is 9.90. The van der Waals surface area contributed by atoms with Crippen LogP contribution in [0.2, 0.25) is 0 Å². The van der Waals surface area contributed by atoms with E-state index in [1.165, 1.54) is 13.1 Å². The van der Waals surface area contributed by atoms with Gasteiger partial charge in [-0.1, -0.05) is 24.3 Å². The Bertz CT molecular complexity index is 1320. The van der Waals surface area contributed by atoms with E-state index in [1.54, 1.807) is 36.1 Å². The zero-order chi connectivity index (χ0) is 28.8. The number of amides is 3. The van der Waals surface area contributed by atoms with E-state index in [1.807, 2.05) is 12.1 Å². The molecule has 3 amide bonds. The summed E-state index contributed by atoms with van der Waals surface area (Å²) >= 11 is 0. The molecule has 0 aromatic heterocycles. The lowest BCUT2D eigenvalue weighted by molar-refractivity contribution is -0.135. The van der Waals surface area contributed by atoms with Gasteiger partial charge in [0.2, 0.25) is 5.91 Å². The number of piperidine rings is 1. The lowest BCUT2D eigenvalue weighted by atomic mass is 9.99. The SMILES string of the molecule is CCOc1cc(C(C=O)NC2CCN(C3CC(=O)N(C)C(=O)N3Cc3ccccc3C#N)CC2)ccc1C(=O)O. The monoisotopic (exact) mass is 547 g/mol. The van der Waals surface area contributed by atoms with Crippen LogP contribution in [0.25, 0.3) is 0 Å². The number of likely N-dealkylation sites (tertiary alicyclic amines) is 1. The van der Waals surface area contributed by atoms with Gasteiger partial charge in [0.25, 0.3) is 0 Å². The molecule has 0 aliphatic carbocycles. The van der Waals surface area contributed by atoms with E-state index < -0.39 is 24.2 Å². The molecule has 0 bridgehead atoms. The molecular formula is C29H33N5O6. The van der Waals surface area contributed by atoms with E-state index in [9.17, 15) is 29.5 Å². The fourth-order valence-electron chi connectivity index (χ4n) is 5.30. The fraction of sp³-hybridized carbons (Fsp3) is 0.414. The van der Waals surface area contributed by atoms with Gasteiger partial charge in [0, 0.05) is 26.2 Å². The van der Waals surface area contributed by atoms with E-state index in [-0.39, 0.29) is 36.2 Å². The summed E-state index contributed by atoms with van der Waals surface area (Å²) in [6, 6.07) is 12.9. The maximum absolute atomic E-state index is 13.2. The number of carboxylic acids is 1. The van der Waals surface area contributed by atoms with Gasteiger partial charge in [0.05, 0.1) is 43.4 Å². The first-order chi connectivity index (χ1) is 19.3. The minimum atomic E-state index is -1.10. The third kappa shape index (κ3) is 6.14. The van der Waals surface area contributed by atoms with Gasteiger partial charge in [0.1, 0.15) is 17.6 Å². The molecule has 4 rings (SSSR count). The van der Waals surface area contributed by atoms with Gasteiger partial charge in [0.15, 0.2) is 0 Å². The molecule has 0 saturated carbocycles. The van der Waals surface area contributed by atoms with E-state index in [0.717, 1.165) is 16.7 Å². The smallest absolute Gasteiger partial charge is 0.339 e. The van der Waals surface area contributed by atoms with Gasteiger partial charge in [-0.05, 0) is 49.1 Å². The molecule has 0 spiro atoms. The van der Waals surface area contributed by atoms with Crippen molar-refractivity contribution >= 4 is 24.2 Å². The Morgan fingerprint density at radius 3 is 2.60 bits per heavy atom. The number of nitriles is 1. The Morgan fingerprint density at radius 1 is 1.23 bits per heavy atom. The Kier molecular flexibility index (Phi) is 9.14. The highest BCUT2D eigenvalue weighted by atomic mass is 16.5. The van der Waals surface area contributed by atoms with Crippen molar-refractivity contribution in [2.45, 2.75) is 51.0 Å². The van der Waals surface area contributed by atoms with Gasteiger partial charge in [-0.25, -0.2) is 9.59 Å². The number of ether oxygens (including phenoxy) is 1. The standard InChI is InChI=1S/C29H33N5O6/c1-3-40-25-14-19(8-9-23(25)28(37)38)24(18-35)31-22-10-12-33(13-11-22)26-15-27(36)32(2)29(39)34(26)17-21-7-5-4-6-20(21)16-30/h4-9,14,18,22,24,26,31H,3,10-13,15,17H2,1-2H3,(H,37,38). The number of carbonyl (C=O) groups excluding carboxylic acids is 3. The largest absolute Gasteiger partial charge is 0.493 e. The molecule has 2 aliphatic rings. The van der Waals surface area contributed by atoms with Crippen molar-refractivity contribution in [3.8, 4) is 11.8 Å². The quantitative estimate of drug-likeness (QED) is 0.429. The van der Waals surface area contributed by atoms with Crippen LogP contribution in [0.3, 0.4) is 0 Å². The summed E-state index contributed by atoms with van der Waals surface area (Å²) < 4.78 is 5.48. The number of aldehydes is 1. The lowest BCUT2D eigenvalue weighted by Crippen LogP contribution is -2.62. The van der Waals surface area contributed by atoms with Crippen LogP contribution in [0.15, 0.2) is 42.5 Å². The Hall–Kier alpha value is -4.27. The molecule has 11 heteroatoms. The second-order valence-corrected chi connectivity index (χ2v) is 9.90. The summed E-state index contributed by atoms with van der Waals surface area (Å²) in [4.78, 5) is 54.2. The minimum absolute atomic E-state index is 0.00780. The number of urea groups is 1. The van der Waals surface area contributed by atoms with Gasteiger partial charge < -0.3 is 24.9 Å². The van der Waals surface area contributed by atoms with E-state index in [0.29, 0.717) is 43.7 Å². The third-order valence-electron chi connectivity index (χ3n) is 7.50. The van der Waals surface area contributed by atoms with Crippen LogP contribution in [-0.2, 0) is 16.1 Å². The number of rotatable bonds is 10. The summed E-state index contributed by atoms with van der Waals surface area (Å²) in [7, 11) is 1.47. The molecule has 2 fully saturated rings. The predicted molar refractivity (Wildman–Crippen MR) is 144 cm³/mol. The summed E-state index contributed by atoms with van der Waals surface area (Å²) in [5.41, 5.74) is 1.85. The maximum atomic E-state index is 13.2. The Morgan fingerprint density at radius 2 is 1.95 bits per heavy atom. The Balaban J connectivity index is 1.45. The molecular weight excluding hydrogens is 514 g/mol. The van der Waals surface area contributed by atoms with Gasteiger partial charge >= 0.3 is 12.0 Å². The molecule has 2 aliphatic heterocycles. The molecule has 2 heterocycles. The summed E-state index contributed by atoms with van der Waals surface area (Å²) in [5, 5.41) is 22.3.